The van der Waals surface area contributed by atoms with Crippen molar-refractivity contribution in [2.24, 2.45) is 0 Å². The van der Waals surface area contributed by atoms with Gasteiger partial charge in [0.25, 0.3) is 5.91 Å². The number of nitriles is 1. The molecule has 1 N–H and O–H groups in total. The molecular weight excluding hydrogens is 362 g/mol. The maximum absolute atomic E-state index is 12.5. The number of hydrogen-bond donors (Lipinski definition) is 1. The molecule has 2 aromatic rings. The molecule has 1 aromatic carbocycles. The van der Waals surface area contributed by atoms with Gasteiger partial charge in [0.05, 0.1) is 0 Å². The van der Waals surface area contributed by atoms with E-state index in [1.807, 2.05) is 53.4 Å². The van der Waals surface area contributed by atoms with E-state index in [1.165, 1.54) is 5.56 Å². The van der Waals surface area contributed by atoms with Gasteiger partial charge in [0.1, 0.15) is 17.5 Å². The second-order valence-corrected chi connectivity index (χ2v) is 7.12. The lowest BCUT2D eigenvalue weighted by molar-refractivity contribution is -0.112. The second-order valence-electron chi connectivity index (χ2n) is 7.12. The number of unbranched alkanes of at least 4 members (excludes halogenated alkanes) is 1. The number of carbonyl (C=O) groups excluding carboxylic acids is 1. The van der Waals surface area contributed by atoms with Crippen LogP contribution in [-0.4, -0.2) is 42.0 Å². The molecular formula is C23H27N5O. The van der Waals surface area contributed by atoms with Crippen LogP contribution >= 0.6 is 0 Å². The third kappa shape index (κ3) is 5.82. The molecule has 1 aliphatic heterocycles. The summed E-state index contributed by atoms with van der Waals surface area (Å²) in [5, 5.41) is 12.3. The molecule has 6 nitrogen and oxygen atoms in total. The van der Waals surface area contributed by atoms with Crippen LogP contribution in [0.4, 0.5) is 11.5 Å². The number of nitrogens with one attached hydrogen (secondary N) is 1. The van der Waals surface area contributed by atoms with E-state index in [-0.39, 0.29) is 11.5 Å². The lowest BCUT2D eigenvalue weighted by Gasteiger charge is -2.34. The summed E-state index contributed by atoms with van der Waals surface area (Å²) >= 11 is 0. The first-order valence-corrected chi connectivity index (χ1v) is 10.1. The van der Waals surface area contributed by atoms with Crippen molar-refractivity contribution in [3.8, 4) is 6.07 Å². The van der Waals surface area contributed by atoms with Gasteiger partial charge in [-0.25, -0.2) is 4.98 Å². The van der Waals surface area contributed by atoms with Crippen LogP contribution in [0.5, 0.6) is 0 Å². The second kappa shape index (κ2) is 10.3. The average molecular weight is 390 g/mol. The zero-order valence-electron chi connectivity index (χ0n) is 16.8. The van der Waals surface area contributed by atoms with Crippen LogP contribution in [0.25, 0.3) is 0 Å². The quantitative estimate of drug-likeness (QED) is 0.579. The average Bonchev–Trinajstić information content (AvgIpc) is 2.78. The summed E-state index contributed by atoms with van der Waals surface area (Å²) in [4.78, 5) is 21.1. The molecule has 29 heavy (non-hydrogen) atoms. The Morgan fingerprint density at radius 1 is 1.17 bits per heavy atom. The number of benzene rings is 1. The molecule has 0 radical (unpaired) electrons. The Labute approximate surface area is 172 Å². The zero-order valence-corrected chi connectivity index (χ0v) is 16.8. The normalized spacial score (nSPS) is 14.4. The molecule has 1 aromatic heterocycles. The van der Waals surface area contributed by atoms with Crippen LogP contribution in [0.1, 0.15) is 25.3 Å². The number of aromatic nitrogens is 1. The standard InChI is InChI=1S/C23H27N5O/c1-2-3-6-19-8-10-21(11-9-19)26-23(29)20(17-24)18-27-13-15-28(16-14-27)22-7-4-5-12-25-22/h4-5,7-12,18H,2-3,6,13-16H2,1H3,(H,26,29)/b20-18-. The predicted octanol–water partition coefficient (Wildman–Crippen LogP) is 3.59. The van der Waals surface area contributed by atoms with Crippen molar-refractivity contribution in [2.75, 3.05) is 36.4 Å². The zero-order chi connectivity index (χ0) is 20.5. The van der Waals surface area contributed by atoms with Gasteiger partial charge >= 0.3 is 0 Å². The number of anilines is 2. The van der Waals surface area contributed by atoms with Crippen molar-refractivity contribution >= 4 is 17.4 Å². The summed E-state index contributed by atoms with van der Waals surface area (Å²) in [5.41, 5.74) is 2.08. The summed E-state index contributed by atoms with van der Waals surface area (Å²) in [5.74, 6) is 0.581. The summed E-state index contributed by atoms with van der Waals surface area (Å²) < 4.78 is 0. The first-order chi connectivity index (χ1) is 14.2. The van der Waals surface area contributed by atoms with Gasteiger partial charge in [-0.1, -0.05) is 31.5 Å². The molecule has 1 amide bonds. The number of rotatable bonds is 7. The lowest BCUT2D eigenvalue weighted by Crippen LogP contribution is -2.44. The van der Waals surface area contributed by atoms with Crippen molar-refractivity contribution in [3.05, 3.63) is 66.0 Å². The Kier molecular flexibility index (Phi) is 7.23. The molecule has 1 fully saturated rings. The van der Waals surface area contributed by atoms with Crippen molar-refractivity contribution in [3.63, 3.8) is 0 Å². The lowest BCUT2D eigenvalue weighted by atomic mass is 10.1. The largest absolute Gasteiger partial charge is 0.373 e. The molecule has 0 saturated carbocycles. The Balaban J connectivity index is 1.55. The van der Waals surface area contributed by atoms with Crippen molar-refractivity contribution in [2.45, 2.75) is 26.2 Å². The number of aryl methyl sites for hydroxylation is 1. The van der Waals surface area contributed by atoms with E-state index in [0.717, 1.165) is 51.3 Å². The van der Waals surface area contributed by atoms with Gasteiger partial charge in [0.15, 0.2) is 0 Å². The van der Waals surface area contributed by atoms with E-state index in [2.05, 4.69) is 22.1 Å². The van der Waals surface area contributed by atoms with Gasteiger partial charge in [0, 0.05) is 44.3 Å². The fraction of sp³-hybridized carbons (Fsp3) is 0.348. The molecule has 0 atom stereocenters. The summed E-state index contributed by atoms with van der Waals surface area (Å²) in [6, 6.07) is 15.7. The number of carbonyl (C=O) groups is 1. The third-order valence-corrected chi connectivity index (χ3v) is 5.00. The molecule has 1 aliphatic rings. The maximum Gasteiger partial charge on any atom is 0.267 e. The van der Waals surface area contributed by atoms with Crippen molar-refractivity contribution in [1.82, 2.24) is 9.88 Å². The SMILES string of the molecule is CCCCc1ccc(NC(=O)/C(C#N)=C\N2CCN(c3ccccn3)CC2)cc1. The summed E-state index contributed by atoms with van der Waals surface area (Å²) in [6.45, 7) is 5.24. The molecule has 6 heteroatoms. The van der Waals surface area contributed by atoms with Gasteiger partial charge in [-0.3, -0.25) is 4.79 Å². The number of amides is 1. The fourth-order valence-corrected chi connectivity index (χ4v) is 3.28. The maximum atomic E-state index is 12.5. The first-order valence-electron chi connectivity index (χ1n) is 10.1. The van der Waals surface area contributed by atoms with E-state index in [4.69, 9.17) is 0 Å². The highest BCUT2D eigenvalue weighted by Crippen LogP contribution is 2.15. The highest BCUT2D eigenvalue weighted by atomic mass is 16.1. The molecule has 0 spiro atoms. The smallest absolute Gasteiger partial charge is 0.267 e. The number of piperazine rings is 1. The molecule has 2 heterocycles. The minimum absolute atomic E-state index is 0.117. The van der Waals surface area contributed by atoms with Gasteiger partial charge in [-0.2, -0.15) is 5.26 Å². The molecule has 1 saturated heterocycles. The molecule has 0 aliphatic carbocycles. The number of pyridine rings is 1. The first kappa shape index (κ1) is 20.4. The van der Waals surface area contributed by atoms with E-state index in [9.17, 15) is 10.1 Å². The van der Waals surface area contributed by atoms with Crippen LogP contribution in [0.2, 0.25) is 0 Å². The van der Waals surface area contributed by atoms with Crippen molar-refractivity contribution in [1.29, 1.82) is 5.26 Å². The van der Waals surface area contributed by atoms with Crippen LogP contribution < -0.4 is 10.2 Å². The van der Waals surface area contributed by atoms with Gasteiger partial charge in [-0.05, 0) is 42.7 Å². The number of nitrogens with zero attached hydrogens (tertiary/aromatic N) is 4. The summed E-state index contributed by atoms with van der Waals surface area (Å²) in [7, 11) is 0. The Hall–Kier alpha value is -3.33. The minimum atomic E-state index is -0.374. The highest BCUT2D eigenvalue weighted by Gasteiger charge is 2.18. The van der Waals surface area contributed by atoms with Gasteiger partial charge in [-0.15, -0.1) is 0 Å². The van der Waals surface area contributed by atoms with Crippen molar-refractivity contribution < 1.29 is 4.79 Å². The minimum Gasteiger partial charge on any atom is -0.373 e. The Bertz CT molecular complexity index is 862. The van der Waals surface area contributed by atoms with Gasteiger partial charge in [0.2, 0.25) is 0 Å². The Morgan fingerprint density at radius 2 is 1.93 bits per heavy atom. The third-order valence-electron chi connectivity index (χ3n) is 5.00. The molecule has 150 valence electrons. The monoisotopic (exact) mass is 389 g/mol. The summed E-state index contributed by atoms with van der Waals surface area (Å²) in [6.07, 6.45) is 6.81. The predicted molar refractivity (Wildman–Crippen MR) is 115 cm³/mol. The van der Waals surface area contributed by atoms with E-state index in [0.29, 0.717) is 5.69 Å². The van der Waals surface area contributed by atoms with Crippen LogP contribution in [-0.2, 0) is 11.2 Å². The molecule has 0 bridgehead atoms. The topological polar surface area (TPSA) is 72.3 Å². The Morgan fingerprint density at radius 3 is 2.55 bits per heavy atom. The van der Waals surface area contributed by atoms with E-state index < -0.39 is 0 Å². The van der Waals surface area contributed by atoms with Crippen LogP contribution in [0.15, 0.2) is 60.4 Å². The van der Waals surface area contributed by atoms with E-state index >= 15 is 0 Å². The fourth-order valence-electron chi connectivity index (χ4n) is 3.28. The van der Waals surface area contributed by atoms with E-state index in [1.54, 1.807) is 12.4 Å². The molecule has 0 unspecified atom stereocenters. The van der Waals surface area contributed by atoms with Crippen LogP contribution in [0, 0.1) is 11.3 Å². The van der Waals surface area contributed by atoms with Gasteiger partial charge < -0.3 is 15.1 Å². The number of hydrogen-bond acceptors (Lipinski definition) is 5. The van der Waals surface area contributed by atoms with Crippen LogP contribution in [0.3, 0.4) is 0 Å². The highest BCUT2D eigenvalue weighted by molar-refractivity contribution is 6.06. The molecule has 3 rings (SSSR count).